The monoisotopic (exact) mass is 253 g/mol. The number of carbonyl (C=O) groups excluding carboxylic acids is 1. The Morgan fingerprint density at radius 3 is 3.18 bits per heavy atom. The number of amides is 1. The molecule has 0 saturated carbocycles. The van der Waals surface area contributed by atoms with Crippen LogP contribution in [0.4, 0.5) is 0 Å². The van der Waals surface area contributed by atoms with Gasteiger partial charge in [-0.2, -0.15) is 0 Å². The van der Waals surface area contributed by atoms with E-state index in [1.807, 2.05) is 0 Å². The van der Waals surface area contributed by atoms with Crippen LogP contribution in [-0.4, -0.2) is 35.6 Å². The first-order chi connectivity index (χ1) is 8.09. The van der Waals surface area contributed by atoms with Gasteiger partial charge in [0.15, 0.2) is 0 Å². The molecule has 1 amide bonds. The highest BCUT2D eigenvalue weighted by molar-refractivity contribution is 7.10. The predicted octanol–water partition coefficient (Wildman–Crippen LogP) is 2.01. The fraction of sp³-hybridized carbons (Fsp3) is 0.615. The molecule has 1 heterocycles. The van der Waals surface area contributed by atoms with Gasteiger partial charge in [0, 0.05) is 18.5 Å². The van der Waals surface area contributed by atoms with Crippen LogP contribution in [0.25, 0.3) is 0 Å². The third-order valence-electron chi connectivity index (χ3n) is 3.26. The van der Waals surface area contributed by atoms with Crippen LogP contribution in [0.1, 0.15) is 36.1 Å². The first kappa shape index (κ1) is 12.6. The lowest BCUT2D eigenvalue weighted by molar-refractivity contribution is -0.133. The number of aryl methyl sites for hydroxylation is 1. The van der Waals surface area contributed by atoms with Gasteiger partial charge in [0.1, 0.15) is 0 Å². The summed E-state index contributed by atoms with van der Waals surface area (Å²) in [6.07, 6.45) is 2.67. The second-order valence-corrected chi connectivity index (χ2v) is 5.81. The maximum atomic E-state index is 12.3. The zero-order valence-corrected chi connectivity index (χ0v) is 11.2. The highest BCUT2D eigenvalue weighted by Gasteiger charge is 2.29. The summed E-state index contributed by atoms with van der Waals surface area (Å²) >= 11 is 1.75. The Morgan fingerprint density at radius 2 is 2.47 bits per heavy atom. The summed E-state index contributed by atoms with van der Waals surface area (Å²) in [6, 6.07) is 2.08. The highest BCUT2D eigenvalue weighted by atomic mass is 32.1. The molecule has 17 heavy (non-hydrogen) atoms. The number of likely N-dealkylation sites (N-methyl/N-ethyl adjacent to an activating group) is 1. The van der Waals surface area contributed by atoms with Crippen molar-refractivity contribution in [1.29, 1.82) is 0 Å². The van der Waals surface area contributed by atoms with Gasteiger partial charge in [0.2, 0.25) is 5.91 Å². The molecule has 1 N–H and O–H groups in total. The molecule has 2 atom stereocenters. The molecule has 2 unspecified atom stereocenters. The zero-order chi connectivity index (χ0) is 12.4. The van der Waals surface area contributed by atoms with Crippen molar-refractivity contribution in [3.63, 3.8) is 0 Å². The maximum absolute atomic E-state index is 12.3. The van der Waals surface area contributed by atoms with Gasteiger partial charge in [-0.15, -0.1) is 11.3 Å². The minimum absolute atomic E-state index is 0.00810. The number of fused-ring (bicyclic) bond motifs is 1. The minimum atomic E-state index is -0.463. The van der Waals surface area contributed by atoms with Crippen molar-refractivity contribution in [2.24, 2.45) is 0 Å². The lowest BCUT2D eigenvalue weighted by Gasteiger charge is -2.27. The normalized spacial score (nSPS) is 20.8. The Morgan fingerprint density at radius 1 is 1.71 bits per heavy atom. The number of thiophene rings is 1. The predicted molar refractivity (Wildman–Crippen MR) is 69.3 cm³/mol. The van der Waals surface area contributed by atoms with Crippen molar-refractivity contribution in [2.75, 3.05) is 13.6 Å². The van der Waals surface area contributed by atoms with E-state index < -0.39 is 6.10 Å². The lowest BCUT2D eigenvalue weighted by Crippen LogP contribution is -2.37. The number of rotatable bonds is 3. The van der Waals surface area contributed by atoms with Crippen molar-refractivity contribution < 1.29 is 9.90 Å². The summed E-state index contributed by atoms with van der Waals surface area (Å²) in [7, 11) is 1.77. The van der Waals surface area contributed by atoms with Crippen LogP contribution in [0.15, 0.2) is 11.4 Å². The third kappa shape index (κ3) is 2.69. The summed E-state index contributed by atoms with van der Waals surface area (Å²) in [4.78, 5) is 15.3. The van der Waals surface area contributed by atoms with Crippen LogP contribution in [0, 0.1) is 0 Å². The average molecular weight is 253 g/mol. The van der Waals surface area contributed by atoms with E-state index in [0.29, 0.717) is 6.54 Å². The summed E-state index contributed by atoms with van der Waals surface area (Å²) in [6.45, 7) is 2.12. The van der Waals surface area contributed by atoms with Gasteiger partial charge >= 0.3 is 0 Å². The minimum Gasteiger partial charge on any atom is -0.392 e. The Hall–Kier alpha value is -0.870. The van der Waals surface area contributed by atoms with Crippen molar-refractivity contribution >= 4 is 17.2 Å². The number of hydrogen-bond donors (Lipinski definition) is 1. The molecule has 0 aliphatic heterocycles. The molecule has 1 aromatic heterocycles. The second-order valence-electron chi connectivity index (χ2n) is 4.81. The van der Waals surface area contributed by atoms with Gasteiger partial charge < -0.3 is 10.0 Å². The van der Waals surface area contributed by atoms with E-state index in [0.717, 1.165) is 19.3 Å². The quantitative estimate of drug-likeness (QED) is 0.895. The standard InChI is InChI=1S/C13H19NO2S/c1-9(15)8-14(2)13(16)11-4-3-5-12-10(11)6-7-17-12/h6-7,9,11,15H,3-5,8H2,1-2H3. The van der Waals surface area contributed by atoms with E-state index in [4.69, 9.17) is 0 Å². The summed E-state index contributed by atoms with van der Waals surface area (Å²) in [5.41, 5.74) is 1.21. The fourth-order valence-electron chi connectivity index (χ4n) is 2.50. The second kappa shape index (κ2) is 5.19. The molecule has 0 radical (unpaired) electrons. The van der Waals surface area contributed by atoms with E-state index in [-0.39, 0.29) is 11.8 Å². The van der Waals surface area contributed by atoms with Crippen LogP contribution in [0.2, 0.25) is 0 Å². The molecule has 0 fully saturated rings. The Kier molecular flexibility index (Phi) is 3.84. The number of hydrogen-bond acceptors (Lipinski definition) is 3. The molecule has 0 spiro atoms. The molecule has 0 bridgehead atoms. The van der Waals surface area contributed by atoms with Gasteiger partial charge in [-0.25, -0.2) is 0 Å². The highest BCUT2D eigenvalue weighted by Crippen LogP contribution is 2.35. The first-order valence-electron chi connectivity index (χ1n) is 6.09. The lowest BCUT2D eigenvalue weighted by atomic mass is 9.87. The van der Waals surface area contributed by atoms with Gasteiger partial charge in [-0.3, -0.25) is 4.79 Å². The van der Waals surface area contributed by atoms with E-state index in [1.54, 1.807) is 30.2 Å². The molecular formula is C13H19NO2S. The van der Waals surface area contributed by atoms with Crippen LogP contribution in [-0.2, 0) is 11.2 Å². The van der Waals surface area contributed by atoms with E-state index in [9.17, 15) is 9.90 Å². The number of carbonyl (C=O) groups is 1. The third-order valence-corrected chi connectivity index (χ3v) is 4.26. The largest absolute Gasteiger partial charge is 0.392 e. The van der Waals surface area contributed by atoms with Gasteiger partial charge in [0.25, 0.3) is 0 Å². The number of nitrogens with zero attached hydrogens (tertiary/aromatic N) is 1. The summed E-state index contributed by atoms with van der Waals surface area (Å²) < 4.78 is 0. The molecule has 3 nitrogen and oxygen atoms in total. The van der Waals surface area contributed by atoms with Crippen LogP contribution in [0.5, 0.6) is 0 Å². The molecular weight excluding hydrogens is 234 g/mol. The van der Waals surface area contributed by atoms with Crippen molar-refractivity contribution in [1.82, 2.24) is 4.90 Å². The van der Waals surface area contributed by atoms with Crippen molar-refractivity contribution in [3.05, 3.63) is 21.9 Å². The van der Waals surface area contributed by atoms with Crippen LogP contribution >= 0.6 is 11.3 Å². The van der Waals surface area contributed by atoms with Crippen LogP contribution in [0.3, 0.4) is 0 Å². The fourth-order valence-corrected chi connectivity index (χ4v) is 3.48. The summed E-state index contributed by atoms with van der Waals surface area (Å²) in [5.74, 6) is 0.152. The Labute approximate surface area is 106 Å². The smallest absolute Gasteiger partial charge is 0.229 e. The van der Waals surface area contributed by atoms with Gasteiger partial charge in [-0.05, 0) is 43.2 Å². The number of aliphatic hydroxyl groups excluding tert-OH is 1. The molecule has 0 saturated heterocycles. The van der Waals surface area contributed by atoms with Gasteiger partial charge in [0.05, 0.1) is 12.0 Å². The molecule has 1 aliphatic rings. The Balaban J connectivity index is 2.11. The maximum Gasteiger partial charge on any atom is 0.229 e. The number of aliphatic hydroxyl groups is 1. The van der Waals surface area contributed by atoms with Crippen LogP contribution < -0.4 is 0 Å². The Bertz CT molecular complexity index is 400. The topological polar surface area (TPSA) is 40.5 Å². The van der Waals surface area contributed by atoms with Crippen molar-refractivity contribution in [3.8, 4) is 0 Å². The molecule has 0 aromatic carbocycles. The SMILES string of the molecule is CC(O)CN(C)C(=O)C1CCCc2sccc21. The van der Waals surface area contributed by atoms with Gasteiger partial charge in [-0.1, -0.05) is 0 Å². The van der Waals surface area contributed by atoms with E-state index >= 15 is 0 Å². The van der Waals surface area contributed by atoms with E-state index in [2.05, 4.69) is 11.4 Å². The molecule has 4 heteroatoms. The average Bonchev–Trinajstić information content (AvgIpc) is 2.74. The van der Waals surface area contributed by atoms with Crippen molar-refractivity contribution in [2.45, 2.75) is 38.2 Å². The molecule has 1 aliphatic carbocycles. The first-order valence-corrected chi connectivity index (χ1v) is 6.97. The zero-order valence-electron chi connectivity index (χ0n) is 10.3. The molecule has 1 aromatic rings. The summed E-state index contributed by atoms with van der Waals surface area (Å²) in [5, 5.41) is 11.4. The van der Waals surface area contributed by atoms with E-state index in [1.165, 1.54) is 10.4 Å². The molecule has 94 valence electrons. The molecule has 2 rings (SSSR count).